The molecular formula is C26H23OP. The number of fused-ring (bicyclic) bond motifs is 1. The fraction of sp³-hybridized carbons (Fsp3) is 0.0769. The van der Waals surface area contributed by atoms with Crippen LogP contribution in [0, 0.1) is 0 Å². The van der Waals surface area contributed by atoms with Crippen LogP contribution in [-0.2, 0) is 4.74 Å². The highest BCUT2D eigenvalue weighted by Gasteiger charge is 2.14. The van der Waals surface area contributed by atoms with Crippen LogP contribution in [0.3, 0.4) is 0 Å². The highest BCUT2D eigenvalue weighted by Crippen LogP contribution is 2.33. The third kappa shape index (κ3) is 4.16. The summed E-state index contributed by atoms with van der Waals surface area (Å²) < 4.78 is 6.13. The Morgan fingerprint density at radius 3 is 1.93 bits per heavy atom. The minimum Gasteiger partial charge on any atom is -0.493 e. The predicted octanol–water partition coefficient (Wildman–Crippen LogP) is 5.96. The second-order valence-electron chi connectivity index (χ2n) is 6.62. The average Bonchev–Trinajstić information content (AvgIpc) is 2.77. The van der Waals surface area contributed by atoms with E-state index in [1.165, 1.54) is 21.4 Å². The Morgan fingerprint density at radius 1 is 0.679 bits per heavy atom. The molecule has 0 aliphatic heterocycles. The van der Waals surface area contributed by atoms with Gasteiger partial charge in [0.05, 0.1) is 6.61 Å². The van der Waals surface area contributed by atoms with Crippen LogP contribution >= 0.6 is 7.92 Å². The number of rotatable bonds is 7. The van der Waals surface area contributed by atoms with E-state index in [9.17, 15) is 0 Å². The molecule has 0 amide bonds. The van der Waals surface area contributed by atoms with Gasteiger partial charge < -0.3 is 4.74 Å². The molecule has 0 aliphatic rings. The van der Waals surface area contributed by atoms with E-state index in [0.717, 1.165) is 17.5 Å². The Morgan fingerprint density at radius 2 is 1.25 bits per heavy atom. The van der Waals surface area contributed by atoms with Crippen molar-refractivity contribution >= 4 is 35.1 Å². The van der Waals surface area contributed by atoms with Crippen molar-refractivity contribution in [1.29, 1.82) is 0 Å². The molecule has 4 aromatic rings. The van der Waals surface area contributed by atoms with Crippen molar-refractivity contribution in [1.82, 2.24) is 0 Å². The third-order valence-corrected chi connectivity index (χ3v) is 7.29. The summed E-state index contributed by atoms with van der Waals surface area (Å²) in [5.74, 6) is 0.743. The molecule has 28 heavy (non-hydrogen) atoms. The topological polar surface area (TPSA) is 9.23 Å². The lowest BCUT2D eigenvalue weighted by Gasteiger charge is -2.20. The molecular weight excluding hydrogens is 359 g/mol. The van der Waals surface area contributed by atoms with Gasteiger partial charge in [-0.1, -0.05) is 110 Å². The predicted molar refractivity (Wildman–Crippen MR) is 123 cm³/mol. The maximum atomic E-state index is 6.13. The van der Waals surface area contributed by atoms with Gasteiger partial charge in [-0.25, -0.2) is 0 Å². The summed E-state index contributed by atoms with van der Waals surface area (Å²) in [6.45, 7) is 4.85. The van der Waals surface area contributed by atoms with Gasteiger partial charge in [0.1, 0.15) is 5.76 Å². The van der Waals surface area contributed by atoms with E-state index < -0.39 is 7.92 Å². The molecule has 0 N–H and O–H groups in total. The molecule has 0 fully saturated rings. The lowest BCUT2D eigenvalue weighted by Crippen LogP contribution is -2.16. The molecule has 0 unspecified atom stereocenters. The van der Waals surface area contributed by atoms with Gasteiger partial charge in [-0.3, -0.25) is 0 Å². The minimum absolute atomic E-state index is 0.451. The van der Waals surface area contributed by atoms with Gasteiger partial charge in [-0.2, -0.15) is 0 Å². The quantitative estimate of drug-likeness (QED) is 0.283. The Balaban J connectivity index is 1.50. The highest BCUT2D eigenvalue weighted by molar-refractivity contribution is 7.73. The van der Waals surface area contributed by atoms with Gasteiger partial charge in [0.2, 0.25) is 0 Å². The van der Waals surface area contributed by atoms with Crippen molar-refractivity contribution in [3.05, 3.63) is 115 Å². The van der Waals surface area contributed by atoms with Crippen molar-refractivity contribution in [2.45, 2.75) is 0 Å². The molecule has 0 bridgehead atoms. The zero-order valence-corrected chi connectivity index (χ0v) is 16.7. The molecule has 0 heterocycles. The molecule has 0 spiro atoms. The molecule has 1 nitrogen and oxygen atoms in total. The van der Waals surface area contributed by atoms with E-state index >= 15 is 0 Å². The Hall–Kier alpha value is -2.89. The summed E-state index contributed by atoms with van der Waals surface area (Å²) >= 11 is 0. The smallest absolute Gasteiger partial charge is 0.119 e. The Labute approximate surface area is 168 Å². The summed E-state index contributed by atoms with van der Waals surface area (Å²) in [6, 6.07) is 36.1. The average molecular weight is 382 g/mol. The molecule has 0 radical (unpaired) electrons. The van der Waals surface area contributed by atoms with Crippen LogP contribution in [0.5, 0.6) is 0 Å². The molecule has 0 saturated carbocycles. The first-order valence-electron chi connectivity index (χ1n) is 9.50. The molecule has 4 rings (SSSR count). The van der Waals surface area contributed by atoms with Crippen molar-refractivity contribution in [2.75, 3.05) is 12.8 Å². The largest absolute Gasteiger partial charge is 0.493 e. The van der Waals surface area contributed by atoms with Gasteiger partial charge in [0, 0.05) is 11.7 Å². The first kappa shape index (κ1) is 18.5. The number of ether oxygens (including phenoxy) is 1. The third-order valence-electron chi connectivity index (χ3n) is 4.82. The summed E-state index contributed by atoms with van der Waals surface area (Å²) in [5.41, 5.74) is 1.07. The van der Waals surface area contributed by atoms with Crippen LogP contribution < -0.4 is 10.6 Å². The molecule has 2 heteroatoms. The Bertz CT molecular complexity index is 1010. The molecule has 0 saturated heterocycles. The van der Waals surface area contributed by atoms with Crippen LogP contribution in [0.2, 0.25) is 0 Å². The van der Waals surface area contributed by atoms with E-state index in [1.54, 1.807) is 0 Å². The van der Waals surface area contributed by atoms with Gasteiger partial charge in [0.25, 0.3) is 0 Å². The van der Waals surface area contributed by atoms with Crippen LogP contribution in [0.4, 0.5) is 0 Å². The molecule has 138 valence electrons. The standard InChI is InChI=1S/C26H23OP/c1-21(25-18-10-12-22-11-8-9-17-26(22)25)27-19-20-28(23-13-4-2-5-14-23)24-15-6-3-7-16-24/h2-18H,1,19-20H2. The zero-order chi connectivity index (χ0) is 19.2. The van der Waals surface area contributed by atoms with Crippen molar-refractivity contribution in [3.63, 3.8) is 0 Å². The lowest BCUT2D eigenvalue weighted by molar-refractivity contribution is 0.302. The van der Waals surface area contributed by atoms with Crippen LogP contribution in [0.15, 0.2) is 110 Å². The van der Waals surface area contributed by atoms with Gasteiger partial charge in [-0.15, -0.1) is 0 Å². The van der Waals surface area contributed by atoms with E-state index in [0.29, 0.717) is 6.61 Å². The normalized spacial score (nSPS) is 10.9. The molecule has 0 aromatic heterocycles. The molecule has 4 aromatic carbocycles. The maximum Gasteiger partial charge on any atom is 0.119 e. The second-order valence-corrected chi connectivity index (χ2v) is 8.96. The van der Waals surface area contributed by atoms with Gasteiger partial charge in [-0.05, 0) is 29.3 Å². The van der Waals surface area contributed by atoms with Crippen molar-refractivity contribution < 1.29 is 4.74 Å². The van der Waals surface area contributed by atoms with Gasteiger partial charge in [0.15, 0.2) is 0 Å². The minimum atomic E-state index is -0.451. The monoisotopic (exact) mass is 382 g/mol. The molecule has 0 aliphatic carbocycles. The van der Waals surface area contributed by atoms with Gasteiger partial charge >= 0.3 is 0 Å². The fourth-order valence-electron chi connectivity index (χ4n) is 3.43. The lowest BCUT2D eigenvalue weighted by atomic mass is 10.0. The first-order chi connectivity index (χ1) is 13.8. The fourth-order valence-corrected chi connectivity index (χ4v) is 5.58. The van der Waals surface area contributed by atoms with E-state index in [-0.39, 0.29) is 0 Å². The summed E-state index contributed by atoms with van der Waals surface area (Å²) in [6.07, 6.45) is 0.965. The SMILES string of the molecule is C=C(OCCP(c1ccccc1)c1ccccc1)c1cccc2ccccc12. The second kappa shape index (κ2) is 8.87. The van der Waals surface area contributed by atoms with Crippen LogP contribution in [-0.4, -0.2) is 12.8 Å². The van der Waals surface area contributed by atoms with E-state index in [4.69, 9.17) is 4.74 Å². The summed E-state index contributed by atoms with van der Waals surface area (Å²) in [5, 5.41) is 5.15. The summed E-state index contributed by atoms with van der Waals surface area (Å²) in [4.78, 5) is 0. The van der Waals surface area contributed by atoms with E-state index in [1.807, 2.05) is 0 Å². The number of hydrogen-bond acceptors (Lipinski definition) is 1. The maximum absolute atomic E-state index is 6.13. The molecule has 0 atom stereocenters. The summed E-state index contributed by atoms with van der Waals surface area (Å²) in [7, 11) is -0.451. The highest BCUT2D eigenvalue weighted by atomic mass is 31.1. The van der Waals surface area contributed by atoms with E-state index in [2.05, 4.69) is 110 Å². The first-order valence-corrected chi connectivity index (χ1v) is 11.0. The number of benzene rings is 4. The zero-order valence-electron chi connectivity index (χ0n) is 15.8. The van der Waals surface area contributed by atoms with Crippen LogP contribution in [0.1, 0.15) is 5.56 Å². The van der Waals surface area contributed by atoms with Crippen molar-refractivity contribution in [2.24, 2.45) is 0 Å². The van der Waals surface area contributed by atoms with Crippen LogP contribution in [0.25, 0.3) is 16.5 Å². The van der Waals surface area contributed by atoms with Crippen molar-refractivity contribution in [3.8, 4) is 0 Å². The number of hydrogen-bond donors (Lipinski definition) is 0. The Kier molecular flexibility index (Phi) is 5.85.